The van der Waals surface area contributed by atoms with Crippen LogP contribution in [0.5, 0.6) is 5.88 Å². The quantitative estimate of drug-likeness (QED) is 0.543. The summed E-state index contributed by atoms with van der Waals surface area (Å²) >= 11 is 0.744. The lowest BCUT2D eigenvalue weighted by atomic mass is 10.1. The van der Waals surface area contributed by atoms with Crippen molar-refractivity contribution < 1.29 is 28.9 Å². The van der Waals surface area contributed by atoms with Crippen LogP contribution in [0.4, 0.5) is 14.2 Å². The fourth-order valence-electron chi connectivity index (χ4n) is 2.04. The van der Waals surface area contributed by atoms with Gasteiger partial charge in [-0.05, 0) is 36.0 Å². The highest BCUT2D eigenvalue weighted by atomic mass is 32.1. The molecule has 1 aromatic carbocycles. The van der Waals surface area contributed by atoms with Crippen LogP contribution in [0.25, 0.3) is 0 Å². The van der Waals surface area contributed by atoms with E-state index < -0.39 is 17.8 Å². The Hall–Kier alpha value is -2.72. The first-order valence-corrected chi connectivity index (χ1v) is 8.85. The van der Waals surface area contributed by atoms with Crippen molar-refractivity contribution >= 4 is 28.5 Å². The largest absolute Gasteiger partial charge is 0.477 e. The maximum atomic E-state index is 13.9. The Kier molecular flexibility index (Phi) is 7.08. The summed E-state index contributed by atoms with van der Waals surface area (Å²) < 4.78 is 23.1. The second-order valence-corrected chi connectivity index (χ2v) is 6.78. The number of carboxylic acids is 1. The fourth-order valence-corrected chi connectivity index (χ4v) is 2.76. The Balaban J connectivity index is 2.07. The summed E-state index contributed by atoms with van der Waals surface area (Å²) in [6, 6.07) is 3.98. The van der Waals surface area contributed by atoms with Crippen LogP contribution in [0.2, 0.25) is 0 Å². The molecule has 0 spiro atoms. The summed E-state index contributed by atoms with van der Waals surface area (Å²) in [5.41, 5.74) is 0.706. The normalized spacial score (nSPS) is 11.7. The number of nitrogens with one attached hydrogen (secondary N) is 2. The first-order valence-electron chi connectivity index (χ1n) is 8.08. The number of carbonyl (C=O) groups is 2. The van der Waals surface area contributed by atoms with Crippen LogP contribution in [-0.4, -0.2) is 39.7 Å². The van der Waals surface area contributed by atoms with Gasteiger partial charge in [0, 0.05) is 18.7 Å². The average Bonchev–Trinajstić information content (AvgIpc) is 3.01. The minimum absolute atomic E-state index is 0.00368. The zero-order chi connectivity index (χ0) is 20.0. The maximum absolute atomic E-state index is 13.9. The van der Waals surface area contributed by atoms with Crippen molar-refractivity contribution in [2.45, 2.75) is 20.5 Å². The van der Waals surface area contributed by atoms with Crippen LogP contribution >= 0.6 is 11.5 Å². The smallest absolute Gasteiger partial charge is 0.344 e. The summed E-state index contributed by atoms with van der Waals surface area (Å²) in [7, 11) is 0. The average molecular weight is 397 g/mol. The number of urea groups is 1. The van der Waals surface area contributed by atoms with Crippen molar-refractivity contribution in [1.82, 2.24) is 9.69 Å². The van der Waals surface area contributed by atoms with Crippen molar-refractivity contribution in [2.24, 2.45) is 5.92 Å². The van der Waals surface area contributed by atoms with Crippen LogP contribution in [0.1, 0.15) is 28.4 Å². The predicted molar refractivity (Wildman–Crippen MR) is 97.8 cm³/mol. The fraction of sp³-hybridized carbons (Fsp3) is 0.353. The van der Waals surface area contributed by atoms with Crippen molar-refractivity contribution in [2.75, 3.05) is 18.5 Å². The molecule has 0 bridgehead atoms. The van der Waals surface area contributed by atoms with Crippen LogP contribution in [0.3, 0.4) is 0 Å². The molecule has 27 heavy (non-hydrogen) atoms. The van der Waals surface area contributed by atoms with Crippen LogP contribution in [-0.2, 0) is 6.61 Å². The summed E-state index contributed by atoms with van der Waals surface area (Å²) in [6.07, 6.45) is 0. The van der Waals surface area contributed by atoms with E-state index in [1.54, 1.807) is 26.0 Å². The van der Waals surface area contributed by atoms with E-state index in [4.69, 9.17) is 9.84 Å². The van der Waals surface area contributed by atoms with Gasteiger partial charge in [0.15, 0.2) is 5.56 Å². The molecule has 1 heterocycles. The van der Waals surface area contributed by atoms with Gasteiger partial charge >= 0.3 is 12.0 Å². The number of nitrogens with zero attached hydrogens (tertiary/aromatic N) is 1. The lowest BCUT2D eigenvalue weighted by Gasteiger charge is -2.10. The Morgan fingerprint density at radius 3 is 2.78 bits per heavy atom. The van der Waals surface area contributed by atoms with Crippen molar-refractivity contribution in [3.63, 3.8) is 0 Å². The first kappa shape index (κ1) is 20.6. The Morgan fingerprint density at radius 2 is 2.15 bits per heavy atom. The molecule has 8 nitrogen and oxygen atoms in total. The molecule has 0 aliphatic carbocycles. The summed E-state index contributed by atoms with van der Waals surface area (Å²) in [6.45, 7) is 3.43. The van der Waals surface area contributed by atoms with Crippen LogP contribution in [0, 0.1) is 18.7 Å². The molecule has 0 fully saturated rings. The number of halogens is 1. The third-order valence-electron chi connectivity index (χ3n) is 3.60. The molecule has 0 aliphatic heterocycles. The maximum Gasteiger partial charge on any atom is 0.344 e. The molecule has 0 radical (unpaired) electrons. The van der Waals surface area contributed by atoms with Gasteiger partial charge in [0.2, 0.25) is 5.88 Å². The monoisotopic (exact) mass is 397 g/mol. The lowest BCUT2D eigenvalue weighted by molar-refractivity contribution is 0.0693. The van der Waals surface area contributed by atoms with Gasteiger partial charge in [-0.2, -0.15) is 4.37 Å². The van der Waals surface area contributed by atoms with Gasteiger partial charge in [0.1, 0.15) is 17.4 Å². The number of rotatable bonds is 8. The Labute approximate surface area is 159 Å². The third kappa shape index (κ3) is 5.63. The number of aromatic carboxylic acids is 1. The van der Waals surface area contributed by atoms with E-state index >= 15 is 0 Å². The highest BCUT2D eigenvalue weighted by molar-refractivity contribution is 7.11. The van der Waals surface area contributed by atoms with Gasteiger partial charge in [0.25, 0.3) is 0 Å². The van der Waals surface area contributed by atoms with Crippen molar-refractivity contribution in [3.05, 3.63) is 40.7 Å². The van der Waals surface area contributed by atoms with Crippen molar-refractivity contribution in [3.8, 4) is 5.88 Å². The van der Waals surface area contributed by atoms with Gasteiger partial charge in [-0.3, -0.25) is 5.32 Å². The minimum Gasteiger partial charge on any atom is -0.477 e. The number of anilines is 1. The van der Waals surface area contributed by atoms with E-state index in [1.165, 1.54) is 6.07 Å². The molecular formula is C17H20FN3O5S. The molecule has 1 aromatic heterocycles. The number of aromatic nitrogens is 1. The van der Waals surface area contributed by atoms with Gasteiger partial charge in [0.05, 0.1) is 0 Å². The number of aliphatic hydroxyl groups excluding tert-OH is 1. The van der Waals surface area contributed by atoms with E-state index in [9.17, 15) is 19.1 Å². The zero-order valence-corrected chi connectivity index (χ0v) is 15.6. The number of ether oxygens (including phenoxy) is 1. The molecule has 1 atom stereocenters. The number of hydrogen-bond donors (Lipinski definition) is 4. The van der Waals surface area contributed by atoms with Gasteiger partial charge in [-0.1, -0.05) is 19.1 Å². The second-order valence-electron chi connectivity index (χ2n) is 6.00. The zero-order valence-electron chi connectivity index (χ0n) is 14.8. The summed E-state index contributed by atoms with van der Waals surface area (Å²) in [5.74, 6) is -2.13. The highest BCUT2D eigenvalue weighted by Crippen LogP contribution is 2.31. The third-order valence-corrected chi connectivity index (χ3v) is 4.34. The number of aliphatic hydroxyl groups is 1. The second kappa shape index (κ2) is 9.28. The first-order chi connectivity index (χ1) is 12.8. The topological polar surface area (TPSA) is 121 Å². The number of benzene rings is 1. The number of amides is 2. The minimum atomic E-state index is -1.33. The predicted octanol–water partition coefficient (Wildman–Crippen LogP) is 2.62. The number of aryl methyl sites for hydroxylation is 1. The van der Waals surface area contributed by atoms with E-state index in [0.717, 1.165) is 17.1 Å². The number of carboxylic acid groups (broad SMARTS) is 1. The summed E-state index contributed by atoms with van der Waals surface area (Å²) in [5, 5.41) is 23.3. The molecule has 146 valence electrons. The molecule has 1 unspecified atom stereocenters. The van der Waals surface area contributed by atoms with E-state index in [0.29, 0.717) is 0 Å². The molecule has 0 saturated carbocycles. The van der Waals surface area contributed by atoms with Gasteiger partial charge in [-0.15, -0.1) is 0 Å². The standard InChI is InChI=1S/C17H20FN3O5S/c1-9-3-4-11(12(18)5-9)8-26-14-13(16(23)24)15(27-21-14)20-17(25)19-6-10(2)7-22/h3-5,10,22H,6-8H2,1-2H3,(H,23,24)(H2,19,20,25). The van der Waals surface area contributed by atoms with Crippen molar-refractivity contribution in [1.29, 1.82) is 0 Å². The molecular weight excluding hydrogens is 377 g/mol. The van der Waals surface area contributed by atoms with Crippen LogP contribution < -0.4 is 15.4 Å². The SMILES string of the molecule is Cc1ccc(COc2nsc(NC(=O)NCC(C)CO)c2C(=O)O)c(F)c1. The molecule has 4 N–H and O–H groups in total. The molecule has 10 heteroatoms. The molecule has 0 aliphatic rings. The Bertz CT molecular complexity index is 827. The molecule has 2 aromatic rings. The lowest BCUT2D eigenvalue weighted by Crippen LogP contribution is -2.33. The number of carbonyl (C=O) groups excluding carboxylic acids is 1. The van der Waals surface area contributed by atoms with Crippen LogP contribution in [0.15, 0.2) is 18.2 Å². The van der Waals surface area contributed by atoms with E-state index in [-0.39, 0.29) is 47.7 Å². The molecule has 2 amide bonds. The van der Waals surface area contributed by atoms with Gasteiger partial charge < -0.3 is 20.3 Å². The van der Waals surface area contributed by atoms with Gasteiger partial charge in [-0.25, -0.2) is 14.0 Å². The van der Waals surface area contributed by atoms with E-state index in [2.05, 4.69) is 15.0 Å². The van der Waals surface area contributed by atoms with E-state index in [1.807, 2.05) is 0 Å². The molecule has 2 rings (SSSR count). The highest BCUT2D eigenvalue weighted by Gasteiger charge is 2.23. The number of hydrogen-bond acceptors (Lipinski definition) is 6. The summed E-state index contributed by atoms with van der Waals surface area (Å²) in [4.78, 5) is 23.4. The Morgan fingerprint density at radius 1 is 1.41 bits per heavy atom. The molecule has 0 saturated heterocycles.